The van der Waals surface area contributed by atoms with E-state index in [-0.39, 0.29) is 16.7 Å². The number of carbonyl (C=O) groups is 1. The van der Waals surface area contributed by atoms with Gasteiger partial charge in [-0.2, -0.15) is 0 Å². The molecule has 2 N–H and O–H groups in total. The first-order valence-corrected chi connectivity index (χ1v) is 14.8. The zero-order valence-electron chi connectivity index (χ0n) is 24.6. The molecule has 1 aliphatic heterocycles. The molecule has 2 aliphatic rings. The lowest BCUT2D eigenvalue weighted by atomic mass is 9.89. The van der Waals surface area contributed by atoms with Gasteiger partial charge in [0, 0.05) is 39.8 Å². The molecular formula is C40H28F2N2O2. The molecule has 0 fully saturated rings. The summed E-state index contributed by atoms with van der Waals surface area (Å²) in [5.74, 6) is -2.06. The van der Waals surface area contributed by atoms with Crippen LogP contribution in [0.2, 0.25) is 0 Å². The number of fused-ring (bicyclic) bond motifs is 5. The fourth-order valence-corrected chi connectivity index (χ4v) is 6.19. The van der Waals surface area contributed by atoms with Crippen LogP contribution < -0.4 is 10.6 Å². The highest BCUT2D eigenvalue weighted by atomic mass is 19.1. The van der Waals surface area contributed by atoms with Crippen molar-refractivity contribution in [1.82, 2.24) is 0 Å². The molecule has 4 nitrogen and oxygen atoms in total. The minimum Gasteiger partial charge on any atom is -0.441 e. The summed E-state index contributed by atoms with van der Waals surface area (Å²) in [7, 11) is 0. The predicted octanol–water partition coefficient (Wildman–Crippen LogP) is 9.25. The maximum Gasteiger partial charge on any atom is 0.340 e. The average molecular weight is 607 g/mol. The fourth-order valence-electron chi connectivity index (χ4n) is 6.19. The van der Waals surface area contributed by atoms with Crippen molar-refractivity contribution in [2.45, 2.75) is 5.60 Å². The Morgan fingerprint density at radius 2 is 1.39 bits per heavy atom. The van der Waals surface area contributed by atoms with Crippen LogP contribution in [0.25, 0.3) is 17.2 Å². The van der Waals surface area contributed by atoms with Crippen LogP contribution in [-0.2, 0) is 15.1 Å². The standard InChI is InChI=1S/C40H28F2N2O2/c41-29-24-36-38(37(42)25-29)33-15-7-8-16-35(33)40(36)26-34(39(45)46-40)28(10-9-23-43)20-17-27-18-21-32(22-19-27)44(30-11-3-1-4-12-30)31-13-5-2-6-14-31/h1-26H,43H2/b20-17+,23-9-,28-10-. The molecule has 7 rings (SSSR count). The molecular weight excluding hydrogens is 578 g/mol. The lowest BCUT2D eigenvalue weighted by molar-refractivity contribution is -0.144. The van der Waals surface area contributed by atoms with Crippen molar-refractivity contribution in [2.24, 2.45) is 5.73 Å². The van der Waals surface area contributed by atoms with Gasteiger partial charge in [-0.25, -0.2) is 13.6 Å². The minimum absolute atomic E-state index is 0.227. The molecule has 6 heteroatoms. The Kier molecular flexibility index (Phi) is 7.39. The van der Waals surface area contributed by atoms with E-state index in [0.29, 0.717) is 16.7 Å². The first-order chi connectivity index (χ1) is 22.5. The molecule has 5 aromatic rings. The Labute approximate surface area is 265 Å². The molecule has 1 heterocycles. The number of anilines is 3. The van der Waals surface area contributed by atoms with Crippen molar-refractivity contribution < 1.29 is 18.3 Å². The summed E-state index contributed by atoms with van der Waals surface area (Å²) in [6.07, 6.45) is 10.0. The molecule has 0 saturated carbocycles. The van der Waals surface area contributed by atoms with Crippen LogP contribution in [0.5, 0.6) is 0 Å². The van der Waals surface area contributed by atoms with Gasteiger partial charge < -0.3 is 15.4 Å². The number of benzene rings is 5. The summed E-state index contributed by atoms with van der Waals surface area (Å²) in [5.41, 5.74) is 10.6. The average Bonchev–Trinajstić information content (AvgIpc) is 3.57. The number of allylic oxidation sites excluding steroid dienone is 3. The van der Waals surface area contributed by atoms with Crippen molar-refractivity contribution in [3.63, 3.8) is 0 Å². The summed E-state index contributed by atoms with van der Waals surface area (Å²) in [5, 5.41) is 0. The second-order valence-corrected chi connectivity index (χ2v) is 11.0. The number of para-hydroxylation sites is 2. The van der Waals surface area contributed by atoms with Crippen molar-refractivity contribution in [3.05, 3.63) is 191 Å². The van der Waals surface area contributed by atoms with Gasteiger partial charge >= 0.3 is 5.97 Å². The van der Waals surface area contributed by atoms with Crippen LogP contribution in [0.4, 0.5) is 25.8 Å². The largest absolute Gasteiger partial charge is 0.441 e. The number of nitrogens with two attached hydrogens (primary N) is 1. The molecule has 1 atom stereocenters. The third-order valence-corrected chi connectivity index (χ3v) is 8.21. The summed E-state index contributed by atoms with van der Waals surface area (Å²) in [6.45, 7) is 0. The van der Waals surface area contributed by atoms with E-state index in [4.69, 9.17) is 10.5 Å². The number of hydrogen-bond acceptors (Lipinski definition) is 4. The topological polar surface area (TPSA) is 55.6 Å². The fraction of sp³-hybridized carbons (Fsp3) is 0.0250. The van der Waals surface area contributed by atoms with E-state index in [1.165, 1.54) is 12.3 Å². The molecule has 0 bridgehead atoms. The Morgan fingerprint density at radius 3 is 2.07 bits per heavy atom. The number of esters is 1. The molecule has 0 radical (unpaired) electrons. The van der Waals surface area contributed by atoms with Gasteiger partial charge in [-0.3, -0.25) is 0 Å². The van der Waals surface area contributed by atoms with Gasteiger partial charge in [-0.1, -0.05) is 91.0 Å². The Hall–Kier alpha value is -6.01. The molecule has 1 aliphatic carbocycles. The van der Waals surface area contributed by atoms with Gasteiger partial charge in [0.1, 0.15) is 11.6 Å². The Morgan fingerprint density at radius 1 is 0.761 bits per heavy atom. The molecule has 0 aromatic heterocycles. The quantitative estimate of drug-likeness (QED) is 0.148. The van der Waals surface area contributed by atoms with Gasteiger partial charge in [0.15, 0.2) is 5.60 Å². The first-order valence-electron chi connectivity index (χ1n) is 14.8. The van der Waals surface area contributed by atoms with Crippen LogP contribution in [0.15, 0.2) is 163 Å². The second kappa shape index (κ2) is 11.8. The van der Waals surface area contributed by atoms with Crippen LogP contribution in [0.3, 0.4) is 0 Å². The highest BCUT2D eigenvalue weighted by Crippen LogP contribution is 2.54. The normalized spacial score (nSPS) is 17.0. The van der Waals surface area contributed by atoms with Gasteiger partial charge in [0.2, 0.25) is 0 Å². The third-order valence-electron chi connectivity index (χ3n) is 8.21. The van der Waals surface area contributed by atoms with Crippen LogP contribution in [0, 0.1) is 11.6 Å². The van der Waals surface area contributed by atoms with Crippen molar-refractivity contribution in [2.75, 3.05) is 4.90 Å². The molecule has 1 spiro atoms. The van der Waals surface area contributed by atoms with Crippen LogP contribution in [0.1, 0.15) is 16.7 Å². The maximum atomic E-state index is 15.1. The summed E-state index contributed by atoms with van der Waals surface area (Å²) in [6, 6.07) is 37.5. The Bertz CT molecular complexity index is 2030. The van der Waals surface area contributed by atoms with E-state index in [0.717, 1.165) is 28.7 Å². The monoisotopic (exact) mass is 606 g/mol. The van der Waals surface area contributed by atoms with Gasteiger partial charge in [-0.05, 0) is 77.5 Å². The SMILES string of the molecule is N\C=C/C=C(/C=C/c1ccc(N(c2ccccc2)c2ccccc2)cc1)C1=CC2(OC1=O)c1ccccc1-c1c(F)cc(F)cc12. The molecule has 46 heavy (non-hydrogen) atoms. The smallest absolute Gasteiger partial charge is 0.340 e. The van der Waals surface area contributed by atoms with Crippen molar-refractivity contribution in [1.29, 1.82) is 0 Å². The number of carbonyl (C=O) groups excluding carboxylic acids is 1. The van der Waals surface area contributed by atoms with E-state index in [9.17, 15) is 9.18 Å². The van der Waals surface area contributed by atoms with Gasteiger partial charge in [-0.15, -0.1) is 0 Å². The highest BCUT2D eigenvalue weighted by Gasteiger charge is 2.51. The zero-order valence-corrected chi connectivity index (χ0v) is 24.6. The van der Waals surface area contributed by atoms with Gasteiger partial charge in [0.25, 0.3) is 0 Å². The number of ether oxygens (including phenoxy) is 1. The number of halogens is 2. The lowest BCUT2D eigenvalue weighted by Gasteiger charge is -2.25. The van der Waals surface area contributed by atoms with Gasteiger partial charge in [0.05, 0.1) is 5.57 Å². The molecule has 0 amide bonds. The van der Waals surface area contributed by atoms with E-state index in [2.05, 4.69) is 29.2 Å². The van der Waals surface area contributed by atoms with E-state index in [1.807, 2.05) is 66.7 Å². The minimum atomic E-state index is -1.46. The number of hydrogen-bond donors (Lipinski definition) is 1. The molecule has 5 aromatic carbocycles. The second-order valence-electron chi connectivity index (χ2n) is 11.0. The van der Waals surface area contributed by atoms with E-state index in [1.54, 1.807) is 48.6 Å². The van der Waals surface area contributed by atoms with Crippen molar-refractivity contribution in [3.8, 4) is 11.1 Å². The maximum absolute atomic E-state index is 15.1. The highest BCUT2D eigenvalue weighted by molar-refractivity contribution is 6.00. The summed E-state index contributed by atoms with van der Waals surface area (Å²) >= 11 is 0. The predicted molar refractivity (Wildman–Crippen MR) is 178 cm³/mol. The summed E-state index contributed by atoms with van der Waals surface area (Å²) in [4.78, 5) is 15.7. The first kappa shape index (κ1) is 28.7. The third kappa shape index (κ3) is 5.00. The van der Waals surface area contributed by atoms with Crippen molar-refractivity contribution >= 4 is 29.1 Å². The lowest BCUT2D eigenvalue weighted by Crippen LogP contribution is -2.24. The van der Waals surface area contributed by atoms with Crippen LogP contribution >= 0.6 is 0 Å². The molecule has 1 unspecified atom stereocenters. The summed E-state index contributed by atoms with van der Waals surface area (Å²) < 4.78 is 35.7. The van der Waals surface area contributed by atoms with E-state index >= 15 is 4.39 Å². The Balaban J connectivity index is 1.25. The molecule has 0 saturated heterocycles. The van der Waals surface area contributed by atoms with E-state index < -0.39 is 23.2 Å². The zero-order chi connectivity index (χ0) is 31.7. The number of rotatable bonds is 7. The number of nitrogens with zero attached hydrogens (tertiary/aromatic N) is 1. The van der Waals surface area contributed by atoms with Crippen LogP contribution in [-0.4, -0.2) is 5.97 Å². The molecule has 224 valence electrons.